The molecule has 1 aliphatic carbocycles. The molecule has 0 radical (unpaired) electrons. The van der Waals surface area contributed by atoms with Gasteiger partial charge in [-0.25, -0.2) is 0 Å². The fourth-order valence-corrected chi connectivity index (χ4v) is 15.3. The first-order valence-corrected chi connectivity index (χ1v) is 29.9. The Labute approximate surface area is 485 Å². The molecule has 0 saturated carbocycles. The molecule has 3 atom stereocenters. The van der Waals surface area contributed by atoms with Gasteiger partial charge in [0, 0.05) is 61.3 Å². The largest absolute Gasteiger partial charge is 0.489 e. The van der Waals surface area contributed by atoms with Crippen molar-refractivity contribution in [2.75, 3.05) is 0 Å². The average Bonchev–Trinajstić information content (AvgIpc) is 3.97. The number of aryl methyl sites for hydroxylation is 2. The standard InChI is InChI=1S/C77H79N3O2/c1-50(81-48-51-28-32-54(33-29-51)72(74(2,3)4)76(8,9)77(10,11)73(75(5,6)7)55-34-30-52(31-35-55)49-82-59-41-38-53-36-37-56(53)44-59)47-78-66-42-39-57(79-68-24-16-12-20-60(68)61-21-13-17-25-69(61)79)45-64(66)65-46-58(40-43-67(65)78)80-70-26-18-14-22-62(70)63-23-15-19-27-71(63)80/h12-35,38-46,50,72-73H,36-37,47-49H2,1-11H3. The molecule has 1 aliphatic rings. The second kappa shape index (κ2) is 20.2. The van der Waals surface area contributed by atoms with Crippen molar-refractivity contribution in [2.45, 2.75) is 127 Å². The number of nitrogens with zero attached hydrogens (tertiary/aromatic N) is 3. The third-order valence-electron chi connectivity index (χ3n) is 19.2. The molecule has 9 aromatic carbocycles. The van der Waals surface area contributed by atoms with Crippen molar-refractivity contribution in [1.82, 2.24) is 13.7 Å². The Morgan fingerprint density at radius 1 is 0.390 bits per heavy atom. The summed E-state index contributed by atoms with van der Waals surface area (Å²) in [5.74, 6) is 1.52. The number of hydrogen-bond acceptors (Lipinski definition) is 2. The fraction of sp³-hybridized carbons (Fsp3) is 0.299. The number of rotatable bonds is 15. The zero-order chi connectivity index (χ0) is 56.9. The SMILES string of the molecule is CC(Cn1c2ccc(-n3c4ccccc4c4ccccc43)cc2c2cc(-n3c4ccccc4c4ccccc43)ccc21)OCc1ccc(C(C(C)(C)C)C(C)(C)C(C)(C)C(c2ccc(COc3ccc4c(c3)CC4)cc2)C(C)(C)C)cc1. The molecule has 0 aliphatic heterocycles. The van der Waals surface area contributed by atoms with Gasteiger partial charge >= 0.3 is 0 Å². The van der Waals surface area contributed by atoms with E-state index >= 15 is 0 Å². The van der Waals surface area contributed by atoms with E-state index in [1.807, 2.05) is 0 Å². The van der Waals surface area contributed by atoms with Crippen LogP contribution in [0.2, 0.25) is 0 Å². The second-order valence-corrected chi connectivity index (χ2v) is 27.1. The molecule has 13 rings (SSSR count). The van der Waals surface area contributed by atoms with E-state index in [9.17, 15) is 0 Å². The molecule has 0 N–H and O–H groups in total. The summed E-state index contributed by atoms with van der Waals surface area (Å²) in [6.07, 6.45) is 2.28. The second-order valence-electron chi connectivity index (χ2n) is 27.1. The van der Waals surface area contributed by atoms with Gasteiger partial charge in [-0.15, -0.1) is 0 Å². The Bertz CT molecular complexity index is 4080. The molecule has 3 aromatic heterocycles. The van der Waals surface area contributed by atoms with E-state index in [-0.39, 0.29) is 39.6 Å². The van der Waals surface area contributed by atoms with E-state index in [1.54, 1.807) is 0 Å². The van der Waals surface area contributed by atoms with Gasteiger partial charge < -0.3 is 23.2 Å². The van der Waals surface area contributed by atoms with Gasteiger partial charge in [0.05, 0.1) is 34.8 Å². The third kappa shape index (κ3) is 9.21. The zero-order valence-electron chi connectivity index (χ0n) is 50.0. The highest BCUT2D eigenvalue weighted by atomic mass is 16.5. The quantitative estimate of drug-likeness (QED) is 0.102. The van der Waals surface area contributed by atoms with Gasteiger partial charge in [-0.3, -0.25) is 0 Å². The highest BCUT2D eigenvalue weighted by molar-refractivity contribution is 6.13. The predicted octanol–water partition coefficient (Wildman–Crippen LogP) is 20.3. The van der Waals surface area contributed by atoms with E-state index in [4.69, 9.17) is 9.47 Å². The van der Waals surface area contributed by atoms with Gasteiger partial charge in [0.1, 0.15) is 12.4 Å². The van der Waals surface area contributed by atoms with E-state index in [0.717, 1.165) is 23.5 Å². The van der Waals surface area contributed by atoms with Crippen molar-refractivity contribution in [3.05, 3.63) is 234 Å². The normalized spacial score (nSPS) is 14.5. The van der Waals surface area contributed by atoms with Gasteiger partial charge in [-0.05, 0) is 159 Å². The highest BCUT2D eigenvalue weighted by Gasteiger charge is 2.54. The summed E-state index contributed by atoms with van der Waals surface area (Å²) >= 11 is 0. The lowest BCUT2D eigenvalue weighted by molar-refractivity contribution is -0.0236. The Hall–Kier alpha value is -7.86. The summed E-state index contributed by atoms with van der Waals surface area (Å²) in [6, 6.07) is 74.6. The first-order chi connectivity index (χ1) is 39.3. The van der Waals surface area contributed by atoms with Crippen molar-refractivity contribution in [3.63, 3.8) is 0 Å². The van der Waals surface area contributed by atoms with Crippen LogP contribution in [0, 0.1) is 21.7 Å². The van der Waals surface area contributed by atoms with E-state index in [0.29, 0.717) is 19.8 Å². The first-order valence-electron chi connectivity index (χ1n) is 29.9. The van der Waals surface area contributed by atoms with Gasteiger partial charge in [-0.2, -0.15) is 0 Å². The summed E-state index contributed by atoms with van der Waals surface area (Å²) in [4.78, 5) is 0. The van der Waals surface area contributed by atoms with Crippen LogP contribution in [0.15, 0.2) is 200 Å². The van der Waals surface area contributed by atoms with Gasteiger partial charge in [0.15, 0.2) is 0 Å². The maximum absolute atomic E-state index is 6.88. The molecule has 0 bridgehead atoms. The topological polar surface area (TPSA) is 33.2 Å². The number of benzene rings is 9. The molecule has 5 nitrogen and oxygen atoms in total. The molecule has 3 unspecified atom stereocenters. The average molecular weight is 1080 g/mol. The van der Waals surface area contributed by atoms with Crippen LogP contribution in [0.5, 0.6) is 5.75 Å². The van der Waals surface area contributed by atoms with Crippen molar-refractivity contribution >= 4 is 65.4 Å². The summed E-state index contributed by atoms with van der Waals surface area (Å²) in [5, 5.41) is 7.49. The number of fused-ring (bicyclic) bond motifs is 10. The molecule has 5 heteroatoms. The Morgan fingerprint density at radius 2 is 0.793 bits per heavy atom. The van der Waals surface area contributed by atoms with Gasteiger partial charge in [0.25, 0.3) is 0 Å². The minimum Gasteiger partial charge on any atom is -0.489 e. The molecular weight excluding hydrogens is 999 g/mol. The van der Waals surface area contributed by atoms with Crippen molar-refractivity contribution in [2.24, 2.45) is 21.7 Å². The molecule has 82 heavy (non-hydrogen) atoms. The summed E-state index contributed by atoms with van der Waals surface area (Å²) in [5.41, 5.74) is 17.4. The molecule has 414 valence electrons. The zero-order valence-corrected chi connectivity index (χ0v) is 50.0. The van der Waals surface area contributed by atoms with Crippen LogP contribution in [0.3, 0.4) is 0 Å². The van der Waals surface area contributed by atoms with Crippen LogP contribution in [-0.2, 0) is 37.3 Å². The predicted molar refractivity (Wildman–Crippen MR) is 345 cm³/mol. The van der Waals surface area contributed by atoms with E-state index < -0.39 is 0 Å². The smallest absolute Gasteiger partial charge is 0.120 e. The maximum Gasteiger partial charge on any atom is 0.120 e. The molecule has 0 saturated heterocycles. The first kappa shape index (κ1) is 53.5. The number of ether oxygens (including phenoxy) is 2. The Morgan fingerprint density at radius 3 is 1.18 bits per heavy atom. The molecule has 0 amide bonds. The lowest BCUT2D eigenvalue weighted by Crippen LogP contribution is -2.49. The minimum atomic E-state index is -0.108. The third-order valence-corrected chi connectivity index (χ3v) is 19.2. The molecule has 3 heterocycles. The summed E-state index contributed by atoms with van der Waals surface area (Å²) in [6.45, 7) is 28.7. The van der Waals surface area contributed by atoms with Crippen molar-refractivity contribution in [3.8, 4) is 17.1 Å². The maximum atomic E-state index is 6.88. The van der Waals surface area contributed by atoms with Gasteiger partial charge in [0.2, 0.25) is 0 Å². The number of aromatic nitrogens is 3. The van der Waals surface area contributed by atoms with Crippen LogP contribution in [-0.4, -0.2) is 19.8 Å². The van der Waals surface area contributed by atoms with E-state index in [2.05, 4.69) is 290 Å². The molecule has 12 aromatic rings. The van der Waals surface area contributed by atoms with Crippen LogP contribution in [0.25, 0.3) is 76.8 Å². The van der Waals surface area contributed by atoms with Gasteiger partial charge in [-0.1, -0.05) is 197 Å². The van der Waals surface area contributed by atoms with E-state index in [1.165, 1.54) is 105 Å². The monoisotopic (exact) mass is 1080 g/mol. The van der Waals surface area contributed by atoms with Crippen molar-refractivity contribution in [1.29, 1.82) is 0 Å². The summed E-state index contributed by atoms with van der Waals surface area (Å²) < 4.78 is 20.5. The van der Waals surface area contributed by atoms with Crippen LogP contribution >= 0.6 is 0 Å². The Balaban J connectivity index is 0.781. The van der Waals surface area contributed by atoms with Crippen LogP contribution in [0.4, 0.5) is 0 Å². The fourth-order valence-electron chi connectivity index (χ4n) is 15.3. The lowest BCUT2D eigenvalue weighted by atomic mass is 9.46. The van der Waals surface area contributed by atoms with Crippen LogP contribution in [0.1, 0.15) is 121 Å². The Kier molecular flexibility index (Phi) is 13.2. The molecular formula is C77H79N3O2. The number of hydrogen-bond donors (Lipinski definition) is 0. The molecule has 0 fully saturated rings. The van der Waals surface area contributed by atoms with Crippen LogP contribution < -0.4 is 4.74 Å². The summed E-state index contributed by atoms with van der Waals surface area (Å²) in [7, 11) is 0. The highest BCUT2D eigenvalue weighted by Crippen LogP contribution is 2.63. The minimum absolute atomic E-state index is 0.00772. The number of para-hydroxylation sites is 4. The lowest BCUT2D eigenvalue weighted by Gasteiger charge is -2.58. The van der Waals surface area contributed by atoms with Crippen molar-refractivity contribution < 1.29 is 9.47 Å². The molecule has 0 spiro atoms.